The van der Waals surface area contributed by atoms with E-state index in [1.165, 1.54) is 12.1 Å². The summed E-state index contributed by atoms with van der Waals surface area (Å²) < 4.78 is 31.2. The molecule has 1 amide bonds. The lowest BCUT2D eigenvalue weighted by molar-refractivity contribution is 0.134. The third-order valence-corrected chi connectivity index (χ3v) is 5.05. The van der Waals surface area contributed by atoms with E-state index in [2.05, 4.69) is 6.58 Å². The second-order valence-corrected chi connectivity index (χ2v) is 6.86. The number of nitrogens with zero attached hydrogens (tertiary/aromatic N) is 1. The SMILES string of the molecule is C=C(CN(C(=O)OCC)S(=O)(=O)c1ccccc1)c1ccccc1. The van der Waals surface area contributed by atoms with Gasteiger partial charge in [0.15, 0.2) is 0 Å². The van der Waals surface area contributed by atoms with Gasteiger partial charge in [-0.2, -0.15) is 4.31 Å². The van der Waals surface area contributed by atoms with Gasteiger partial charge in [0.25, 0.3) is 10.0 Å². The van der Waals surface area contributed by atoms with E-state index >= 15 is 0 Å². The number of carbonyl (C=O) groups is 1. The van der Waals surface area contributed by atoms with Gasteiger partial charge < -0.3 is 4.74 Å². The van der Waals surface area contributed by atoms with E-state index in [4.69, 9.17) is 4.74 Å². The van der Waals surface area contributed by atoms with Crippen molar-refractivity contribution in [1.82, 2.24) is 4.31 Å². The lowest BCUT2D eigenvalue weighted by Crippen LogP contribution is -2.38. The molecule has 0 aromatic heterocycles. The van der Waals surface area contributed by atoms with Gasteiger partial charge in [-0.15, -0.1) is 0 Å². The highest BCUT2D eigenvalue weighted by Crippen LogP contribution is 2.21. The Labute approximate surface area is 142 Å². The average Bonchev–Trinajstić information content (AvgIpc) is 2.61. The molecule has 0 saturated carbocycles. The monoisotopic (exact) mass is 345 g/mol. The summed E-state index contributed by atoms with van der Waals surface area (Å²) in [5.74, 6) is 0. The molecule has 0 fully saturated rings. The van der Waals surface area contributed by atoms with Crippen LogP contribution < -0.4 is 0 Å². The maximum atomic E-state index is 12.8. The molecule has 2 aromatic carbocycles. The minimum Gasteiger partial charge on any atom is -0.449 e. The Morgan fingerprint density at radius 1 is 1.04 bits per heavy atom. The van der Waals surface area contributed by atoms with Crippen LogP contribution in [0.1, 0.15) is 12.5 Å². The molecule has 0 spiro atoms. The van der Waals surface area contributed by atoms with Crippen LogP contribution in [0.4, 0.5) is 4.79 Å². The summed E-state index contributed by atoms with van der Waals surface area (Å²) in [6.07, 6.45) is -0.918. The van der Waals surface area contributed by atoms with Gasteiger partial charge >= 0.3 is 6.09 Å². The summed E-state index contributed by atoms with van der Waals surface area (Å²) in [7, 11) is -4.03. The van der Waals surface area contributed by atoms with E-state index in [1.807, 2.05) is 18.2 Å². The molecule has 0 heterocycles. The van der Waals surface area contributed by atoms with Crippen molar-refractivity contribution in [3.8, 4) is 0 Å². The van der Waals surface area contributed by atoms with Crippen LogP contribution in [0.15, 0.2) is 72.1 Å². The van der Waals surface area contributed by atoms with Crippen LogP contribution in [0.2, 0.25) is 0 Å². The number of carbonyl (C=O) groups excluding carboxylic acids is 1. The van der Waals surface area contributed by atoms with Gasteiger partial charge in [0.1, 0.15) is 0 Å². The molecular weight excluding hydrogens is 326 g/mol. The highest BCUT2D eigenvalue weighted by molar-refractivity contribution is 7.89. The maximum absolute atomic E-state index is 12.8. The van der Waals surface area contributed by atoms with Gasteiger partial charge in [-0.25, -0.2) is 13.2 Å². The Morgan fingerprint density at radius 2 is 1.58 bits per heavy atom. The van der Waals surface area contributed by atoms with Gasteiger partial charge in [0.05, 0.1) is 18.0 Å². The van der Waals surface area contributed by atoms with Crippen molar-refractivity contribution >= 4 is 21.7 Å². The van der Waals surface area contributed by atoms with E-state index in [-0.39, 0.29) is 18.0 Å². The van der Waals surface area contributed by atoms with Crippen LogP contribution in [0.3, 0.4) is 0 Å². The maximum Gasteiger partial charge on any atom is 0.424 e. The Morgan fingerprint density at radius 3 is 2.12 bits per heavy atom. The van der Waals surface area contributed by atoms with Crippen LogP contribution in [0.25, 0.3) is 5.57 Å². The van der Waals surface area contributed by atoms with Gasteiger partial charge in [-0.05, 0) is 30.2 Å². The van der Waals surface area contributed by atoms with Crippen molar-refractivity contribution in [3.05, 3.63) is 72.8 Å². The molecule has 0 aliphatic carbocycles. The first kappa shape index (κ1) is 17.7. The first-order valence-electron chi connectivity index (χ1n) is 7.44. The second kappa shape index (κ2) is 7.79. The zero-order chi connectivity index (χ0) is 17.6. The smallest absolute Gasteiger partial charge is 0.424 e. The minimum atomic E-state index is -4.03. The van der Waals surface area contributed by atoms with Crippen LogP contribution in [0.5, 0.6) is 0 Å². The standard InChI is InChI=1S/C18H19NO4S/c1-3-23-18(20)19(14-15(2)16-10-6-4-7-11-16)24(21,22)17-12-8-5-9-13-17/h4-13H,2-3,14H2,1H3. The minimum absolute atomic E-state index is 0.0268. The predicted octanol–water partition coefficient (Wildman–Crippen LogP) is 3.55. The summed E-state index contributed by atoms with van der Waals surface area (Å²) in [5.41, 5.74) is 1.26. The summed E-state index contributed by atoms with van der Waals surface area (Å²) >= 11 is 0. The molecule has 0 unspecified atom stereocenters. The van der Waals surface area contributed by atoms with Crippen molar-refractivity contribution < 1.29 is 17.9 Å². The van der Waals surface area contributed by atoms with E-state index < -0.39 is 16.1 Å². The van der Waals surface area contributed by atoms with Gasteiger partial charge in [0.2, 0.25) is 0 Å². The van der Waals surface area contributed by atoms with Crippen LogP contribution in [-0.4, -0.2) is 32.0 Å². The fraction of sp³-hybridized carbons (Fsp3) is 0.167. The number of hydrogen-bond acceptors (Lipinski definition) is 4. The van der Waals surface area contributed by atoms with E-state index in [9.17, 15) is 13.2 Å². The summed E-state index contributed by atoms with van der Waals surface area (Å²) in [6.45, 7) is 5.42. The zero-order valence-electron chi connectivity index (χ0n) is 13.4. The van der Waals surface area contributed by atoms with Crippen LogP contribution >= 0.6 is 0 Å². The van der Waals surface area contributed by atoms with Gasteiger partial charge in [-0.3, -0.25) is 0 Å². The Bertz CT molecular complexity index is 801. The molecule has 24 heavy (non-hydrogen) atoms. The first-order chi connectivity index (χ1) is 11.5. The van der Waals surface area contributed by atoms with Crippen molar-refractivity contribution in [3.63, 3.8) is 0 Å². The summed E-state index contributed by atoms with van der Waals surface area (Å²) in [4.78, 5) is 12.2. The number of benzene rings is 2. The molecular formula is C18H19NO4S. The van der Waals surface area contributed by atoms with Crippen LogP contribution in [-0.2, 0) is 14.8 Å². The van der Waals surface area contributed by atoms with E-state index in [0.29, 0.717) is 9.88 Å². The molecule has 0 radical (unpaired) electrons. The van der Waals surface area contributed by atoms with Crippen molar-refractivity contribution in [1.29, 1.82) is 0 Å². The third-order valence-electron chi connectivity index (χ3n) is 3.32. The van der Waals surface area contributed by atoms with E-state index in [1.54, 1.807) is 37.3 Å². The molecule has 2 aromatic rings. The quantitative estimate of drug-likeness (QED) is 0.803. The van der Waals surface area contributed by atoms with E-state index in [0.717, 1.165) is 5.56 Å². The molecule has 0 aliphatic rings. The fourth-order valence-electron chi connectivity index (χ4n) is 2.10. The molecule has 5 nitrogen and oxygen atoms in total. The summed E-state index contributed by atoms with van der Waals surface area (Å²) in [6, 6.07) is 16.9. The number of amides is 1. The lowest BCUT2D eigenvalue weighted by atomic mass is 10.1. The van der Waals surface area contributed by atoms with Crippen molar-refractivity contribution in [2.45, 2.75) is 11.8 Å². The Hall–Kier alpha value is -2.60. The van der Waals surface area contributed by atoms with Crippen LogP contribution in [0, 0.1) is 0 Å². The van der Waals surface area contributed by atoms with Gasteiger partial charge in [-0.1, -0.05) is 55.1 Å². The van der Waals surface area contributed by atoms with Crippen molar-refractivity contribution in [2.75, 3.05) is 13.2 Å². The molecule has 0 aliphatic heterocycles. The fourth-order valence-corrected chi connectivity index (χ4v) is 3.43. The third kappa shape index (κ3) is 4.02. The number of sulfonamides is 1. The number of hydrogen-bond donors (Lipinski definition) is 0. The Balaban J connectivity index is 2.35. The second-order valence-electron chi connectivity index (χ2n) is 4.99. The number of ether oxygens (including phenoxy) is 1. The van der Waals surface area contributed by atoms with Gasteiger partial charge in [0, 0.05) is 0 Å². The molecule has 0 atom stereocenters. The molecule has 6 heteroatoms. The lowest BCUT2D eigenvalue weighted by Gasteiger charge is -2.22. The Kier molecular flexibility index (Phi) is 5.76. The normalized spacial score (nSPS) is 10.9. The molecule has 0 saturated heterocycles. The topological polar surface area (TPSA) is 63.7 Å². The average molecular weight is 345 g/mol. The molecule has 126 valence electrons. The largest absolute Gasteiger partial charge is 0.449 e. The molecule has 0 bridgehead atoms. The summed E-state index contributed by atoms with van der Waals surface area (Å²) in [5, 5.41) is 0. The predicted molar refractivity (Wildman–Crippen MR) is 92.8 cm³/mol. The van der Waals surface area contributed by atoms with Crippen molar-refractivity contribution in [2.24, 2.45) is 0 Å². The highest BCUT2D eigenvalue weighted by Gasteiger charge is 2.31. The molecule has 0 N–H and O–H groups in total. The molecule has 2 rings (SSSR count). The highest BCUT2D eigenvalue weighted by atomic mass is 32.2. The number of rotatable bonds is 6. The first-order valence-corrected chi connectivity index (χ1v) is 8.88. The zero-order valence-corrected chi connectivity index (χ0v) is 14.2.